The highest BCUT2D eigenvalue weighted by atomic mass is 19.1. The van der Waals surface area contributed by atoms with Gasteiger partial charge in [0.1, 0.15) is 17.9 Å². The first-order chi connectivity index (χ1) is 17.0. The van der Waals surface area contributed by atoms with Crippen LogP contribution in [0.1, 0.15) is 37.3 Å². The molecular weight excluding hydrogens is 477 g/mol. The Morgan fingerprint density at radius 2 is 1.72 bits per heavy atom. The number of amides is 2. The minimum atomic E-state index is -1.68. The fraction of sp³-hybridized carbons (Fsp3) is 0.333. The van der Waals surface area contributed by atoms with Gasteiger partial charge in [-0.05, 0) is 24.1 Å². The van der Waals surface area contributed by atoms with Gasteiger partial charge >= 0.3 is 11.9 Å². The summed E-state index contributed by atoms with van der Waals surface area (Å²) in [7, 11) is 0. The monoisotopic (exact) mass is 503 g/mol. The zero-order chi connectivity index (χ0) is 26.8. The van der Waals surface area contributed by atoms with Crippen molar-refractivity contribution in [3.8, 4) is 0 Å². The lowest BCUT2D eigenvalue weighted by molar-refractivity contribution is -0.384. The van der Waals surface area contributed by atoms with Crippen LogP contribution in [0.4, 0.5) is 10.1 Å². The lowest BCUT2D eigenvalue weighted by Crippen LogP contribution is -2.54. The van der Waals surface area contributed by atoms with Crippen LogP contribution < -0.4 is 10.6 Å². The molecule has 0 unspecified atom stereocenters. The summed E-state index contributed by atoms with van der Waals surface area (Å²) in [4.78, 5) is 59.6. The molecule has 0 heterocycles. The Bertz CT molecular complexity index is 1120. The molecule has 192 valence electrons. The lowest BCUT2D eigenvalue weighted by Gasteiger charge is -2.27. The summed E-state index contributed by atoms with van der Waals surface area (Å²) in [6.45, 7) is 2.75. The van der Waals surface area contributed by atoms with Gasteiger partial charge in [-0.3, -0.25) is 24.5 Å². The van der Waals surface area contributed by atoms with Crippen LogP contribution in [0.5, 0.6) is 0 Å². The van der Waals surface area contributed by atoms with E-state index < -0.39 is 58.9 Å². The number of carboxylic acids is 1. The highest BCUT2D eigenvalue weighted by Gasteiger charge is 2.35. The minimum Gasteiger partial charge on any atom is -0.480 e. The Labute approximate surface area is 205 Å². The largest absolute Gasteiger partial charge is 0.480 e. The first-order valence-corrected chi connectivity index (χ1v) is 11.0. The third-order valence-electron chi connectivity index (χ3n) is 5.27. The standard InChI is InChI=1S/C24H26FN3O8/c1-3-36-21(30)13-18(15-8-10-17(11-9-15)28(34)35)22(24(32)33)27-23(31)20(26-14(2)29)12-16-6-4-5-7-19(16)25/h4-11,18,20,22H,3,12-13H2,1-2H3,(H,26,29)(H,27,31)(H,32,33)/t18-,20-,22+/m0/s1. The number of carboxylic acid groups (broad SMARTS) is 1. The van der Waals surface area contributed by atoms with Gasteiger partial charge in [0.25, 0.3) is 5.69 Å². The topological polar surface area (TPSA) is 165 Å². The van der Waals surface area contributed by atoms with Crippen LogP contribution in [0.25, 0.3) is 0 Å². The quantitative estimate of drug-likeness (QED) is 0.225. The third-order valence-corrected chi connectivity index (χ3v) is 5.27. The number of carbonyl (C=O) groups is 4. The maximum absolute atomic E-state index is 14.2. The summed E-state index contributed by atoms with van der Waals surface area (Å²) in [5, 5.41) is 25.6. The van der Waals surface area contributed by atoms with E-state index in [-0.39, 0.29) is 29.8 Å². The van der Waals surface area contributed by atoms with Gasteiger partial charge in [-0.25, -0.2) is 9.18 Å². The molecule has 11 nitrogen and oxygen atoms in total. The number of nitro benzene ring substituents is 1. The second kappa shape index (κ2) is 12.9. The van der Waals surface area contributed by atoms with Crippen molar-refractivity contribution >= 4 is 29.4 Å². The van der Waals surface area contributed by atoms with Crippen molar-refractivity contribution in [2.45, 2.75) is 44.7 Å². The summed E-state index contributed by atoms with van der Waals surface area (Å²) in [6, 6.07) is 7.47. The summed E-state index contributed by atoms with van der Waals surface area (Å²) in [5.74, 6) is -5.54. The van der Waals surface area contributed by atoms with E-state index >= 15 is 0 Å². The predicted molar refractivity (Wildman–Crippen MR) is 124 cm³/mol. The number of carbonyl (C=O) groups excluding carboxylic acids is 3. The van der Waals surface area contributed by atoms with E-state index in [1.165, 1.54) is 30.3 Å². The number of benzene rings is 2. The minimum absolute atomic E-state index is 0.0309. The number of ether oxygens (including phenoxy) is 1. The number of halogens is 1. The van der Waals surface area contributed by atoms with Crippen LogP contribution in [-0.4, -0.2) is 52.5 Å². The van der Waals surface area contributed by atoms with Gasteiger partial charge in [0.2, 0.25) is 11.8 Å². The molecule has 0 aliphatic carbocycles. The fourth-order valence-electron chi connectivity index (χ4n) is 3.60. The molecule has 2 aromatic rings. The van der Waals surface area contributed by atoms with Gasteiger partial charge in [-0.1, -0.05) is 30.3 Å². The molecular formula is C24H26FN3O8. The molecule has 2 aromatic carbocycles. The molecule has 0 aliphatic heterocycles. The normalized spacial score (nSPS) is 13.1. The van der Waals surface area contributed by atoms with E-state index in [1.807, 2.05) is 0 Å². The first-order valence-electron chi connectivity index (χ1n) is 11.0. The molecule has 36 heavy (non-hydrogen) atoms. The average molecular weight is 503 g/mol. The number of hydrogen-bond donors (Lipinski definition) is 3. The van der Waals surface area contributed by atoms with Crippen LogP contribution >= 0.6 is 0 Å². The predicted octanol–water partition coefficient (Wildman–Crippen LogP) is 2.09. The van der Waals surface area contributed by atoms with Crippen molar-refractivity contribution in [2.24, 2.45) is 0 Å². The molecule has 0 fully saturated rings. The van der Waals surface area contributed by atoms with Crippen LogP contribution in [0, 0.1) is 15.9 Å². The molecule has 3 atom stereocenters. The zero-order valence-electron chi connectivity index (χ0n) is 19.6. The van der Waals surface area contributed by atoms with Gasteiger partial charge < -0.3 is 20.5 Å². The number of aliphatic carboxylic acids is 1. The zero-order valence-corrected chi connectivity index (χ0v) is 19.6. The van der Waals surface area contributed by atoms with E-state index in [1.54, 1.807) is 13.0 Å². The highest BCUT2D eigenvalue weighted by Crippen LogP contribution is 2.27. The fourth-order valence-corrected chi connectivity index (χ4v) is 3.60. The second-order valence-electron chi connectivity index (χ2n) is 7.84. The summed E-state index contributed by atoms with van der Waals surface area (Å²) in [5.41, 5.74) is 0.100. The van der Waals surface area contributed by atoms with Crippen molar-refractivity contribution in [2.75, 3.05) is 6.61 Å². The van der Waals surface area contributed by atoms with Crippen molar-refractivity contribution in [1.82, 2.24) is 10.6 Å². The van der Waals surface area contributed by atoms with Gasteiger partial charge in [0.05, 0.1) is 18.0 Å². The summed E-state index contributed by atoms with van der Waals surface area (Å²) < 4.78 is 19.1. The average Bonchev–Trinajstić information content (AvgIpc) is 2.82. The maximum Gasteiger partial charge on any atom is 0.326 e. The van der Waals surface area contributed by atoms with E-state index in [0.717, 1.165) is 19.1 Å². The molecule has 0 bridgehead atoms. The number of nitrogens with one attached hydrogen (secondary N) is 2. The maximum atomic E-state index is 14.2. The lowest BCUT2D eigenvalue weighted by atomic mass is 9.88. The SMILES string of the molecule is CCOC(=O)C[C@@H](c1ccc([N+](=O)[O-])cc1)[C@@H](NC(=O)[C@H](Cc1ccccc1F)NC(C)=O)C(=O)O. The molecule has 12 heteroatoms. The van der Waals surface area contributed by atoms with Crippen LogP contribution in [-0.2, 0) is 30.3 Å². The number of nitro groups is 1. The van der Waals surface area contributed by atoms with Crippen LogP contribution in [0.3, 0.4) is 0 Å². The van der Waals surface area contributed by atoms with Crippen molar-refractivity contribution in [3.05, 3.63) is 75.6 Å². The molecule has 2 rings (SSSR count). The Morgan fingerprint density at radius 1 is 1.08 bits per heavy atom. The first kappa shape index (κ1) is 27.9. The van der Waals surface area contributed by atoms with Crippen molar-refractivity contribution < 1.29 is 38.3 Å². The Hall–Kier alpha value is -4.35. The van der Waals surface area contributed by atoms with Crippen LogP contribution in [0.2, 0.25) is 0 Å². The van der Waals surface area contributed by atoms with Gasteiger partial charge in [-0.2, -0.15) is 0 Å². The molecule has 0 aliphatic rings. The number of hydrogen-bond acceptors (Lipinski definition) is 7. The Balaban J connectivity index is 2.39. The smallest absolute Gasteiger partial charge is 0.326 e. The van der Waals surface area contributed by atoms with E-state index in [2.05, 4.69) is 10.6 Å². The molecule has 3 N–H and O–H groups in total. The van der Waals surface area contributed by atoms with Crippen molar-refractivity contribution in [1.29, 1.82) is 0 Å². The molecule has 0 radical (unpaired) electrons. The van der Waals surface area contributed by atoms with E-state index in [4.69, 9.17) is 4.74 Å². The summed E-state index contributed by atoms with van der Waals surface area (Å²) >= 11 is 0. The summed E-state index contributed by atoms with van der Waals surface area (Å²) in [6.07, 6.45) is -0.717. The highest BCUT2D eigenvalue weighted by molar-refractivity contribution is 5.91. The van der Waals surface area contributed by atoms with Crippen molar-refractivity contribution in [3.63, 3.8) is 0 Å². The van der Waals surface area contributed by atoms with E-state index in [0.29, 0.717) is 0 Å². The third kappa shape index (κ3) is 7.86. The molecule has 0 aromatic heterocycles. The molecule has 0 saturated carbocycles. The van der Waals surface area contributed by atoms with Gasteiger partial charge in [0, 0.05) is 31.4 Å². The number of esters is 1. The number of nitrogens with zero attached hydrogens (tertiary/aromatic N) is 1. The van der Waals surface area contributed by atoms with Crippen LogP contribution in [0.15, 0.2) is 48.5 Å². The second-order valence-corrected chi connectivity index (χ2v) is 7.84. The Morgan fingerprint density at radius 3 is 2.25 bits per heavy atom. The molecule has 0 spiro atoms. The van der Waals surface area contributed by atoms with E-state index in [9.17, 15) is 38.8 Å². The number of rotatable bonds is 12. The van der Waals surface area contributed by atoms with Gasteiger partial charge in [0.15, 0.2) is 0 Å². The molecule has 2 amide bonds. The molecule has 0 saturated heterocycles. The Kier molecular flexibility index (Phi) is 10.0. The van der Waals surface area contributed by atoms with Gasteiger partial charge in [-0.15, -0.1) is 0 Å². The number of non-ortho nitro benzene ring substituents is 1.